The first-order valence-corrected chi connectivity index (χ1v) is 7.19. The lowest BCUT2D eigenvalue weighted by Gasteiger charge is -2.20. The Balaban J connectivity index is 2.42. The normalized spacial score (nSPS) is 13.6. The van der Waals surface area contributed by atoms with Crippen LogP contribution in [0.2, 0.25) is 0 Å². The van der Waals surface area contributed by atoms with Crippen molar-refractivity contribution in [2.45, 2.75) is 44.9 Å². The van der Waals surface area contributed by atoms with Crippen LogP contribution in [0.15, 0.2) is 17.6 Å². The second kappa shape index (κ2) is 7.07. The molecular weight excluding hydrogens is 246 g/mol. The van der Waals surface area contributed by atoms with E-state index in [2.05, 4.69) is 36.1 Å². The number of hydrogen-bond acceptors (Lipinski definition) is 5. The predicted molar refractivity (Wildman–Crippen MR) is 75.6 cm³/mol. The van der Waals surface area contributed by atoms with Crippen LogP contribution in [0, 0.1) is 5.92 Å². The van der Waals surface area contributed by atoms with Crippen LogP contribution in [0.5, 0.6) is 0 Å². The van der Waals surface area contributed by atoms with Gasteiger partial charge in [0.15, 0.2) is 5.16 Å². The van der Waals surface area contributed by atoms with Crippen molar-refractivity contribution in [3.63, 3.8) is 0 Å². The van der Waals surface area contributed by atoms with Gasteiger partial charge in [-0.25, -0.2) is 9.97 Å². The van der Waals surface area contributed by atoms with Crippen molar-refractivity contribution in [1.29, 1.82) is 0 Å². The fourth-order valence-electron chi connectivity index (χ4n) is 1.15. The smallest absolute Gasteiger partial charge is 0.187 e. The molecule has 0 spiro atoms. The highest BCUT2D eigenvalue weighted by molar-refractivity contribution is 7.99. The third-order valence-corrected chi connectivity index (χ3v) is 3.52. The largest absolute Gasteiger partial charge is 0.396 e. The van der Waals surface area contributed by atoms with Gasteiger partial charge in [-0.3, -0.25) is 0 Å². The van der Waals surface area contributed by atoms with Crippen LogP contribution in [0.25, 0.3) is 0 Å². The molecule has 0 saturated heterocycles. The van der Waals surface area contributed by atoms with Gasteiger partial charge in [0.05, 0.1) is 0 Å². The van der Waals surface area contributed by atoms with Crippen molar-refractivity contribution in [3.8, 4) is 0 Å². The molecule has 1 heterocycles. The zero-order valence-corrected chi connectivity index (χ0v) is 12.4. The fourth-order valence-corrected chi connectivity index (χ4v) is 1.94. The van der Waals surface area contributed by atoms with Crippen molar-refractivity contribution in [2.24, 2.45) is 5.92 Å². The van der Waals surface area contributed by atoms with Gasteiger partial charge in [0.2, 0.25) is 0 Å². The van der Waals surface area contributed by atoms with Gasteiger partial charge in [-0.05, 0) is 26.7 Å². The molecular formula is C13H23N3OS. The minimum absolute atomic E-state index is 0.101. The molecule has 0 fully saturated rings. The molecule has 18 heavy (non-hydrogen) atoms. The highest BCUT2D eigenvalue weighted by Crippen LogP contribution is 2.16. The topological polar surface area (TPSA) is 58.0 Å². The molecule has 0 aliphatic carbocycles. The number of nitrogens with zero attached hydrogens (tertiary/aromatic N) is 2. The van der Waals surface area contributed by atoms with Gasteiger partial charge >= 0.3 is 0 Å². The fraction of sp³-hybridized carbons (Fsp3) is 0.692. The van der Waals surface area contributed by atoms with Crippen LogP contribution < -0.4 is 5.32 Å². The zero-order chi connectivity index (χ0) is 13.6. The Kier molecular flexibility index (Phi) is 6.05. The third-order valence-electron chi connectivity index (χ3n) is 2.31. The van der Waals surface area contributed by atoms with E-state index in [0.717, 1.165) is 23.0 Å². The minimum atomic E-state index is 0.101. The standard InChI is InChI=1S/C13H23N3OS/c1-10(8-17)9-18-12-14-5-11(6-15-12)7-16-13(2,3)4/h5-6,10,16-17H,7-9H2,1-4H3. The molecule has 0 radical (unpaired) electrons. The van der Waals surface area contributed by atoms with Gasteiger partial charge in [0, 0.05) is 42.4 Å². The van der Waals surface area contributed by atoms with E-state index < -0.39 is 0 Å². The van der Waals surface area contributed by atoms with Crippen molar-refractivity contribution in [2.75, 3.05) is 12.4 Å². The molecule has 2 N–H and O–H groups in total. The summed E-state index contributed by atoms with van der Waals surface area (Å²) in [5.41, 5.74) is 1.19. The maximum absolute atomic E-state index is 8.94. The molecule has 1 atom stereocenters. The van der Waals surface area contributed by atoms with Gasteiger partial charge in [-0.1, -0.05) is 18.7 Å². The Labute approximate surface area is 114 Å². The quantitative estimate of drug-likeness (QED) is 0.612. The molecule has 0 aromatic carbocycles. The molecule has 0 amide bonds. The van der Waals surface area contributed by atoms with E-state index in [4.69, 9.17) is 5.11 Å². The first-order chi connectivity index (χ1) is 8.40. The first-order valence-electron chi connectivity index (χ1n) is 6.20. The summed E-state index contributed by atoms with van der Waals surface area (Å²) in [6, 6.07) is 0. The van der Waals surface area contributed by atoms with Crippen LogP contribution >= 0.6 is 11.8 Å². The molecule has 1 aromatic heterocycles. The molecule has 4 nitrogen and oxygen atoms in total. The summed E-state index contributed by atoms with van der Waals surface area (Å²) in [5, 5.41) is 13.1. The molecule has 1 unspecified atom stereocenters. The number of nitrogens with one attached hydrogen (secondary N) is 1. The van der Waals surface area contributed by atoms with E-state index >= 15 is 0 Å². The number of hydrogen-bond donors (Lipinski definition) is 2. The molecule has 0 aliphatic rings. The summed E-state index contributed by atoms with van der Waals surface area (Å²) in [4.78, 5) is 8.63. The van der Waals surface area contributed by atoms with Gasteiger partial charge in [0.1, 0.15) is 0 Å². The van der Waals surface area contributed by atoms with E-state index in [0.29, 0.717) is 0 Å². The Morgan fingerprint density at radius 2 is 1.94 bits per heavy atom. The molecule has 1 aromatic rings. The van der Waals surface area contributed by atoms with Gasteiger partial charge in [-0.2, -0.15) is 0 Å². The van der Waals surface area contributed by atoms with Gasteiger partial charge in [-0.15, -0.1) is 0 Å². The molecule has 0 saturated carbocycles. The van der Waals surface area contributed by atoms with Gasteiger partial charge < -0.3 is 10.4 Å². The molecule has 1 rings (SSSR count). The second-order valence-electron chi connectivity index (χ2n) is 5.58. The lowest BCUT2D eigenvalue weighted by Crippen LogP contribution is -2.35. The Bertz CT molecular complexity index is 348. The Morgan fingerprint density at radius 1 is 1.33 bits per heavy atom. The summed E-state index contributed by atoms with van der Waals surface area (Å²) >= 11 is 1.58. The molecule has 102 valence electrons. The number of rotatable bonds is 6. The van der Waals surface area contributed by atoms with E-state index in [1.807, 2.05) is 19.3 Å². The summed E-state index contributed by atoms with van der Waals surface area (Å²) in [5.74, 6) is 1.12. The van der Waals surface area contributed by atoms with Crippen LogP contribution in [0.3, 0.4) is 0 Å². The van der Waals surface area contributed by atoms with Crippen molar-refractivity contribution in [1.82, 2.24) is 15.3 Å². The van der Waals surface area contributed by atoms with Crippen LogP contribution in [-0.4, -0.2) is 33.0 Å². The van der Waals surface area contributed by atoms with E-state index in [1.165, 1.54) is 0 Å². The summed E-state index contributed by atoms with van der Waals surface area (Å²) < 4.78 is 0. The summed E-state index contributed by atoms with van der Waals surface area (Å²) in [6.45, 7) is 9.40. The SMILES string of the molecule is CC(CO)CSc1ncc(CNC(C)(C)C)cn1. The number of aliphatic hydroxyl groups is 1. The predicted octanol–water partition coefficient (Wildman–Crippen LogP) is 2.09. The third kappa shape index (κ3) is 6.33. The summed E-state index contributed by atoms with van der Waals surface area (Å²) in [6.07, 6.45) is 3.72. The first kappa shape index (κ1) is 15.4. The lowest BCUT2D eigenvalue weighted by molar-refractivity contribution is 0.250. The average Bonchev–Trinajstić information content (AvgIpc) is 2.33. The minimum Gasteiger partial charge on any atom is -0.396 e. The number of aromatic nitrogens is 2. The van der Waals surface area contributed by atoms with Crippen LogP contribution in [-0.2, 0) is 6.54 Å². The lowest BCUT2D eigenvalue weighted by atomic mass is 10.1. The maximum Gasteiger partial charge on any atom is 0.187 e. The van der Waals surface area contributed by atoms with Crippen molar-refractivity contribution < 1.29 is 5.11 Å². The highest BCUT2D eigenvalue weighted by Gasteiger charge is 2.09. The van der Waals surface area contributed by atoms with E-state index in [-0.39, 0.29) is 18.1 Å². The highest BCUT2D eigenvalue weighted by atomic mass is 32.2. The van der Waals surface area contributed by atoms with Crippen LogP contribution in [0.4, 0.5) is 0 Å². The molecule has 5 heteroatoms. The molecule has 0 bridgehead atoms. The molecule has 0 aliphatic heterocycles. The summed E-state index contributed by atoms with van der Waals surface area (Å²) in [7, 11) is 0. The van der Waals surface area contributed by atoms with Gasteiger partial charge in [0.25, 0.3) is 0 Å². The number of thioether (sulfide) groups is 1. The van der Waals surface area contributed by atoms with Crippen molar-refractivity contribution in [3.05, 3.63) is 18.0 Å². The average molecular weight is 269 g/mol. The zero-order valence-electron chi connectivity index (χ0n) is 11.6. The van der Waals surface area contributed by atoms with Crippen LogP contribution in [0.1, 0.15) is 33.3 Å². The van der Waals surface area contributed by atoms with Crippen molar-refractivity contribution >= 4 is 11.8 Å². The second-order valence-corrected chi connectivity index (χ2v) is 6.56. The van der Waals surface area contributed by atoms with E-state index in [1.54, 1.807) is 11.8 Å². The Morgan fingerprint density at radius 3 is 2.44 bits per heavy atom. The number of aliphatic hydroxyl groups excluding tert-OH is 1. The Hall–Kier alpha value is -0.650. The maximum atomic E-state index is 8.94. The monoisotopic (exact) mass is 269 g/mol. The van der Waals surface area contributed by atoms with E-state index in [9.17, 15) is 0 Å².